The number of nitrogens with zero attached hydrogens (tertiary/aromatic N) is 3. The molecule has 11 heteroatoms. The van der Waals surface area contributed by atoms with Gasteiger partial charge in [-0.2, -0.15) is 13.2 Å². The van der Waals surface area contributed by atoms with Gasteiger partial charge in [-0.15, -0.1) is 0 Å². The zero-order chi connectivity index (χ0) is 25.1. The number of fused-ring (bicyclic) bond motifs is 2. The molecule has 1 saturated heterocycles. The Morgan fingerprint density at radius 2 is 1.76 bits per heavy atom. The van der Waals surface area contributed by atoms with Crippen molar-refractivity contribution in [2.24, 2.45) is 0 Å². The molecule has 184 valence electrons. The Morgan fingerprint density at radius 3 is 2.29 bits per heavy atom. The van der Waals surface area contributed by atoms with Crippen molar-refractivity contribution in [1.82, 2.24) is 9.80 Å². The molecule has 0 bridgehead atoms. The fraction of sp³-hybridized carbons (Fsp3) is 0.435. The smallest absolute Gasteiger partial charge is 0.475 e. The number of furan rings is 1. The lowest BCUT2D eigenvalue weighted by molar-refractivity contribution is -0.192. The van der Waals surface area contributed by atoms with E-state index in [-0.39, 0.29) is 17.2 Å². The molecule has 1 spiro atoms. The second-order valence-electron chi connectivity index (χ2n) is 8.61. The summed E-state index contributed by atoms with van der Waals surface area (Å²) in [5.74, 6) is -2.51. The highest BCUT2D eigenvalue weighted by Crippen LogP contribution is 2.48. The number of hydrogen-bond donors (Lipinski definition) is 1. The minimum absolute atomic E-state index is 0.0863. The molecule has 3 heterocycles. The predicted molar refractivity (Wildman–Crippen MR) is 117 cm³/mol. The van der Waals surface area contributed by atoms with Crippen molar-refractivity contribution < 1.29 is 37.1 Å². The summed E-state index contributed by atoms with van der Waals surface area (Å²) < 4.78 is 36.9. The summed E-state index contributed by atoms with van der Waals surface area (Å²) in [7, 11) is 3.81. The number of halogens is 3. The highest BCUT2D eigenvalue weighted by molar-refractivity contribution is 6.04. The van der Waals surface area contributed by atoms with Gasteiger partial charge in [0.05, 0.1) is 24.2 Å². The van der Waals surface area contributed by atoms with E-state index in [1.165, 1.54) is 5.56 Å². The van der Waals surface area contributed by atoms with E-state index in [0.717, 1.165) is 24.2 Å². The van der Waals surface area contributed by atoms with Crippen molar-refractivity contribution >= 4 is 29.2 Å². The number of carboxylic acids is 1. The maximum atomic E-state index is 13.1. The van der Waals surface area contributed by atoms with Crippen LogP contribution in [0.2, 0.25) is 0 Å². The first-order chi connectivity index (χ1) is 15.9. The molecule has 0 radical (unpaired) electrons. The number of carboxylic acid groups (broad SMARTS) is 1. The van der Waals surface area contributed by atoms with Crippen LogP contribution in [0.1, 0.15) is 24.8 Å². The zero-order valence-corrected chi connectivity index (χ0v) is 18.8. The van der Waals surface area contributed by atoms with Crippen molar-refractivity contribution in [3.05, 3.63) is 48.4 Å². The number of amides is 2. The molecular weight excluding hydrogens is 455 g/mol. The third-order valence-electron chi connectivity index (χ3n) is 5.99. The van der Waals surface area contributed by atoms with E-state index in [4.69, 9.17) is 14.3 Å². The van der Waals surface area contributed by atoms with Gasteiger partial charge in [-0.1, -0.05) is 18.2 Å². The third-order valence-corrected chi connectivity index (χ3v) is 5.99. The number of para-hydroxylation sites is 1. The van der Waals surface area contributed by atoms with E-state index in [1.54, 1.807) is 17.4 Å². The first-order valence-electron chi connectivity index (χ1n) is 10.6. The average Bonchev–Trinajstić information content (AvgIpc) is 3.28. The number of anilines is 2. The van der Waals surface area contributed by atoms with Gasteiger partial charge in [-0.25, -0.2) is 4.79 Å². The summed E-state index contributed by atoms with van der Waals surface area (Å²) in [6.07, 6.45) is 0.201. The molecule has 1 aromatic heterocycles. The van der Waals surface area contributed by atoms with E-state index in [2.05, 4.69) is 6.07 Å². The van der Waals surface area contributed by atoms with E-state index in [0.29, 0.717) is 26.1 Å². The zero-order valence-electron chi connectivity index (χ0n) is 18.8. The number of hydrogen-bond acceptors (Lipinski definition) is 5. The molecule has 2 aromatic rings. The second kappa shape index (κ2) is 9.88. The monoisotopic (exact) mass is 481 g/mol. The molecule has 1 aromatic carbocycles. The molecule has 2 aliphatic rings. The van der Waals surface area contributed by atoms with Gasteiger partial charge in [-0.3, -0.25) is 14.5 Å². The van der Waals surface area contributed by atoms with Crippen molar-refractivity contribution in [2.45, 2.75) is 30.9 Å². The van der Waals surface area contributed by atoms with Gasteiger partial charge in [0, 0.05) is 31.0 Å². The van der Waals surface area contributed by atoms with Gasteiger partial charge in [-0.05, 0) is 38.6 Å². The number of rotatable bonds is 3. The number of carbonyl (C=O) groups is 3. The van der Waals surface area contributed by atoms with Crippen LogP contribution in [0.3, 0.4) is 0 Å². The summed E-state index contributed by atoms with van der Waals surface area (Å²) >= 11 is 0. The highest BCUT2D eigenvalue weighted by atomic mass is 19.4. The minimum atomic E-state index is -5.08. The van der Waals surface area contributed by atoms with Gasteiger partial charge in [0.2, 0.25) is 11.8 Å². The number of benzene rings is 1. The summed E-state index contributed by atoms with van der Waals surface area (Å²) in [5.41, 5.74) is 2.71. The highest BCUT2D eigenvalue weighted by Gasteiger charge is 2.46. The Kier molecular flexibility index (Phi) is 7.35. The molecule has 2 amide bonds. The standard InChI is InChI=1S/C21H25N3O3.C2HF3O2/c1-22(2)14-20(26)23-10-8-21(9-11-23)13-19(25)24(16-7-12-27-15-16)18-6-4-3-5-17(18)21;3-2(4,5)1(6)7/h3-7,12,15H,8-11,13-14H2,1-2H3;(H,6,7). The summed E-state index contributed by atoms with van der Waals surface area (Å²) in [5, 5.41) is 7.12. The van der Waals surface area contributed by atoms with Gasteiger partial charge in [0.15, 0.2) is 0 Å². The first-order valence-corrected chi connectivity index (χ1v) is 10.6. The predicted octanol–water partition coefficient (Wildman–Crippen LogP) is 3.40. The maximum absolute atomic E-state index is 13.1. The molecule has 0 saturated carbocycles. The molecule has 0 unspecified atom stereocenters. The van der Waals surface area contributed by atoms with Gasteiger partial charge in [0.1, 0.15) is 6.26 Å². The summed E-state index contributed by atoms with van der Waals surface area (Å²) in [4.78, 5) is 40.0. The van der Waals surface area contributed by atoms with Gasteiger partial charge >= 0.3 is 12.1 Å². The Bertz CT molecular complexity index is 1030. The van der Waals surface area contributed by atoms with Crippen molar-refractivity contribution in [2.75, 3.05) is 38.6 Å². The maximum Gasteiger partial charge on any atom is 0.490 e. The lowest BCUT2D eigenvalue weighted by Crippen LogP contribution is -2.51. The molecule has 1 fully saturated rings. The molecule has 34 heavy (non-hydrogen) atoms. The number of likely N-dealkylation sites (N-methyl/N-ethyl adjacent to an activating group) is 1. The Hall–Kier alpha value is -3.34. The number of alkyl halides is 3. The molecule has 0 aliphatic carbocycles. The van der Waals surface area contributed by atoms with Crippen LogP contribution in [0, 0.1) is 0 Å². The summed E-state index contributed by atoms with van der Waals surface area (Å²) in [6, 6.07) is 9.95. The SMILES string of the molecule is CN(C)CC(=O)N1CCC2(CC1)CC(=O)N(c1ccoc1)c1ccccc12.O=C(O)C(F)(F)F. The van der Waals surface area contributed by atoms with E-state index in [9.17, 15) is 22.8 Å². The summed E-state index contributed by atoms with van der Waals surface area (Å²) in [6.45, 7) is 1.82. The fourth-order valence-corrected chi connectivity index (χ4v) is 4.38. The van der Waals surface area contributed by atoms with Crippen LogP contribution in [0.5, 0.6) is 0 Å². The van der Waals surface area contributed by atoms with Crippen LogP contribution in [-0.4, -0.2) is 72.6 Å². The Morgan fingerprint density at radius 1 is 1.15 bits per heavy atom. The quantitative estimate of drug-likeness (QED) is 0.722. The number of aliphatic carboxylic acids is 1. The fourth-order valence-electron chi connectivity index (χ4n) is 4.38. The van der Waals surface area contributed by atoms with Crippen LogP contribution in [0.4, 0.5) is 24.5 Å². The Labute approximate surface area is 194 Å². The number of carbonyl (C=O) groups excluding carboxylic acids is 2. The lowest BCUT2D eigenvalue weighted by atomic mass is 9.67. The van der Waals surface area contributed by atoms with Crippen LogP contribution in [0.15, 0.2) is 47.3 Å². The Balaban J connectivity index is 0.000000406. The molecule has 1 N–H and O–H groups in total. The number of piperidine rings is 1. The van der Waals surface area contributed by atoms with Crippen LogP contribution in [-0.2, 0) is 19.8 Å². The molecule has 8 nitrogen and oxygen atoms in total. The van der Waals surface area contributed by atoms with Crippen LogP contribution >= 0.6 is 0 Å². The number of likely N-dealkylation sites (tertiary alicyclic amines) is 1. The van der Waals surface area contributed by atoms with E-state index >= 15 is 0 Å². The minimum Gasteiger partial charge on any atom is -0.475 e. The van der Waals surface area contributed by atoms with Gasteiger partial charge < -0.3 is 19.3 Å². The average molecular weight is 481 g/mol. The van der Waals surface area contributed by atoms with Gasteiger partial charge in [0.25, 0.3) is 0 Å². The largest absolute Gasteiger partial charge is 0.490 e. The first kappa shape index (κ1) is 25.3. The van der Waals surface area contributed by atoms with E-state index < -0.39 is 12.1 Å². The second-order valence-corrected chi connectivity index (χ2v) is 8.61. The normalized spacial score (nSPS) is 17.3. The lowest BCUT2D eigenvalue weighted by Gasteiger charge is -2.47. The van der Waals surface area contributed by atoms with Crippen molar-refractivity contribution in [1.29, 1.82) is 0 Å². The van der Waals surface area contributed by atoms with Crippen molar-refractivity contribution in [3.63, 3.8) is 0 Å². The van der Waals surface area contributed by atoms with Crippen molar-refractivity contribution in [3.8, 4) is 0 Å². The molecule has 2 aliphatic heterocycles. The topological polar surface area (TPSA) is 94.3 Å². The van der Waals surface area contributed by atoms with Crippen LogP contribution < -0.4 is 4.90 Å². The molecule has 4 rings (SSSR count). The molecule has 0 atom stereocenters. The van der Waals surface area contributed by atoms with Crippen LogP contribution in [0.25, 0.3) is 0 Å². The van der Waals surface area contributed by atoms with E-state index in [1.807, 2.05) is 48.2 Å². The molecular formula is C23H26F3N3O5. The third kappa shape index (κ3) is 5.41.